The largest absolute Gasteiger partial charge is 0.502 e. The molecular weight excluding hydrogens is 416 g/mol. The number of benzene rings is 2. The van der Waals surface area contributed by atoms with Crippen LogP contribution in [0, 0.1) is 17.6 Å². The minimum atomic E-state index is -0.972. The van der Waals surface area contributed by atoms with Crippen molar-refractivity contribution >= 4 is 5.91 Å². The third-order valence-corrected chi connectivity index (χ3v) is 7.17. The van der Waals surface area contributed by atoms with Crippen molar-refractivity contribution in [3.05, 3.63) is 98.5 Å². The highest BCUT2D eigenvalue weighted by Crippen LogP contribution is 2.57. The van der Waals surface area contributed by atoms with Crippen LogP contribution >= 0.6 is 0 Å². The number of nitrogens with zero attached hydrogens (tertiary/aromatic N) is 3. The highest BCUT2D eigenvalue weighted by Gasteiger charge is 2.59. The zero-order chi connectivity index (χ0) is 22.4. The van der Waals surface area contributed by atoms with E-state index in [1.165, 1.54) is 34.0 Å². The number of carbonyl (C=O) groups excluding carboxylic acids is 1. The molecule has 0 unspecified atom stereocenters. The zero-order valence-electron chi connectivity index (χ0n) is 17.2. The van der Waals surface area contributed by atoms with Crippen LogP contribution in [0.25, 0.3) is 0 Å². The highest BCUT2D eigenvalue weighted by molar-refractivity contribution is 5.96. The van der Waals surface area contributed by atoms with Gasteiger partial charge in [0, 0.05) is 25.2 Å². The molecule has 0 bridgehead atoms. The van der Waals surface area contributed by atoms with E-state index in [9.17, 15) is 23.5 Å². The summed E-state index contributed by atoms with van der Waals surface area (Å²) in [5.41, 5.74) is 0.758. The average Bonchev–Trinajstić information content (AvgIpc) is 3.27. The highest BCUT2D eigenvalue weighted by atomic mass is 19.1. The summed E-state index contributed by atoms with van der Waals surface area (Å²) in [5, 5.41) is 12.3. The molecule has 0 radical (unpaired) electrons. The van der Waals surface area contributed by atoms with Gasteiger partial charge in [-0.3, -0.25) is 19.3 Å². The third-order valence-electron chi connectivity index (χ3n) is 7.17. The first kappa shape index (κ1) is 19.0. The molecule has 0 atom stereocenters. The molecule has 1 aromatic heterocycles. The average molecular weight is 435 g/mol. The maximum absolute atomic E-state index is 14.9. The molecule has 2 heterocycles. The summed E-state index contributed by atoms with van der Waals surface area (Å²) >= 11 is 0. The van der Waals surface area contributed by atoms with Crippen molar-refractivity contribution in [1.29, 1.82) is 0 Å². The fourth-order valence-electron chi connectivity index (χ4n) is 5.89. The van der Waals surface area contributed by atoms with Crippen LogP contribution in [-0.4, -0.2) is 34.3 Å². The monoisotopic (exact) mass is 435 g/mol. The van der Waals surface area contributed by atoms with Gasteiger partial charge in [0.2, 0.25) is 5.43 Å². The van der Waals surface area contributed by atoms with E-state index in [4.69, 9.17) is 0 Å². The van der Waals surface area contributed by atoms with Crippen LogP contribution in [0.4, 0.5) is 8.78 Å². The number of carbonyl (C=O) groups is 1. The molecule has 0 fully saturated rings. The number of halogens is 2. The van der Waals surface area contributed by atoms with E-state index in [-0.39, 0.29) is 29.9 Å². The second-order valence-corrected chi connectivity index (χ2v) is 8.67. The Bertz CT molecular complexity index is 1330. The molecule has 0 spiro atoms. The first-order valence-electron chi connectivity index (χ1n) is 10.4. The van der Waals surface area contributed by atoms with Gasteiger partial charge < -0.3 is 10.0 Å². The fraction of sp³-hybridized carbons (Fsp3) is 0.250. The minimum absolute atomic E-state index is 0.108. The molecule has 1 aliphatic heterocycles. The molecule has 162 valence electrons. The Kier molecular flexibility index (Phi) is 3.68. The molecule has 0 saturated carbocycles. The van der Waals surface area contributed by atoms with Crippen LogP contribution in [0.2, 0.25) is 0 Å². The lowest BCUT2D eigenvalue weighted by atomic mass is 9.81. The molecule has 32 heavy (non-hydrogen) atoms. The van der Waals surface area contributed by atoms with Crippen LogP contribution in [0.3, 0.4) is 0 Å². The van der Waals surface area contributed by atoms with E-state index in [1.54, 1.807) is 19.2 Å². The third kappa shape index (κ3) is 2.12. The van der Waals surface area contributed by atoms with Gasteiger partial charge in [-0.15, -0.1) is 0 Å². The summed E-state index contributed by atoms with van der Waals surface area (Å²) in [6, 6.07) is 11.0. The molecule has 1 amide bonds. The van der Waals surface area contributed by atoms with E-state index >= 15 is 0 Å². The quantitative estimate of drug-likeness (QED) is 0.638. The van der Waals surface area contributed by atoms with E-state index in [1.807, 2.05) is 17.1 Å². The van der Waals surface area contributed by atoms with Crippen molar-refractivity contribution in [2.45, 2.75) is 18.4 Å². The van der Waals surface area contributed by atoms with Gasteiger partial charge in [0.25, 0.3) is 5.91 Å². The molecule has 2 aliphatic carbocycles. The van der Waals surface area contributed by atoms with Crippen LogP contribution in [0.15, 0.2) is 53.5 Å². The van der Waals surface area contributed by atoms with Crippen LogP contribution in [0.5, 0.6) is 5.75 Å². The maximum atomic E-state index is 14.9. The molecule has 0 saturated heterocycles. The topological polar surface area (TPSA) is 65.8 Å². The van der Waals surface area contributed by atoms with Gasteiger partial charge in [-0.2, -0.15) is 0 Å². The first-order chi connectivity index (χ1) is 15.4. The predicted molar refractivity (Wildman–Crippen MR) is 112 cm³/mol. The van der Waals surface area contributed by atoms with Crippen molar-refractivity contribution in [3.8, 4) is 5.75 Å². The first-order valence-corrected chi connectivity index (χ1v) is 10.4. The van der Waals surface area contributed by atoms with E-state index in [2.05, 4.69) is 0 Å². The molecule has 3 aliphatic rings. The predicted octanol–water partition coefficient (Wildman–Crippen LogP) is 2.49. The second kappa shape index (κ2) is 6.18. The summed E-state index contributed by atoms with van der Waals surface area (Å²) in [4.78, 5) is 26.4. The number of fused-ring (bicyclic) bond motifs is 6. The fourth-order valence-corrected chi connectivity index (χ4v) is 5.89. The van der Waals surface area contributed by atoms with Gasteiger partial charge in [-0.25, -0.2) is 8.78 Å². The van der Waals surface area contributed by atoms with E-state index in [0.29, 0.717) is 35.1 Å². The van der Waals surface area contributed by atoms with Crippen LogP contribution in [0.1, 0.15) is 32.7 Å². The number of rotatable bonds is 1. The number of amides is 1. The molecule has 2 aromatic carbocycles. The minimum Gasteiger partial charge on any atom is -0.502 e. The Morgan fingerprint density at radius 1 is 0.969 bits per heavy atom. The molecular formula is C24H19F2N3O3. The Labute approximate surface area is 181 Å². The van der Waals surface area contributed by atoms with Gasteiger partial charge in [-0.1, -0.05) is 24.3 Å². The summed E-state index contributed by atoms with van der Waals surface area (Å²) in [6.07, 6.45) is 2.26. The van der Waals surface area contributed by atoms with E-state index < -0.39 is 22.6 Å². The molecule has 1 N–H and O–H groups in total. The van der Waals surface area contributed by atoms with Crippen molar-refractivity contribution in [3.63, 3.8) is 0 Å². The Morgan fingerprint density at radius 2 is 1.56 bits per heavy atom. The van der Waals surface area contributed by atoms with Gasteiger partial charge in [0.15, 0.2) is 11.4 Å². The van der Waals surface area contributed by atoms with Crippen molar-refractivity contribution in [2.24, 2.45) is 5.92 Å². The summed E-state index contributed by atoms with van der Waals surface area (Å²) in [5.74, 6) is -1.98. The second-order valence-electron chi connectivity index (χ2n) is 8.67. The normalized spacial score (nSPS) is 23.1. The van der Waals surface area contributed by atoms with Crippen molar-refractivity contribution in [2.75, 3.05) is 18.7 Å². The molecule has 6 nitrogen and oxygen atoms in total. The van der Waals surface area contributed by atoms with Gasteiger partial charge in [0.05, 0.1) is 0 Å². The lowest BCUT2D eigenvalue weighted by Gasteiger charge is -2.50. The zero-order valence-corrected chi connectivity index (χ0v) is 17.2. The number of pyridine rings is 1. The Hall–Kier alpha value is -3.68. The van der Waals surface area contributed by atoms with Crippen LogP contribution < -0.4 is 10.4 Å². The summed E-state index contributed by atoms with van der Waals surface area (Å²) in [6.45, 7) is 0.108. The number of aromatic nitrogens is 1. The molecule has 8 heteroatoms. The smallest absolute Gasteiger partial charge is 0.277 e. The Morgan fingerprint density at radius 3 is 2.16 bits per heavy atom. The molecule has 6 rings (SSSR count). The number of aromatic hydroxyl groups is 1. The molecule has 3 aromatic rings. The summed E-state index contributed by atoms with van der Waals surface area (Å²) in [7, 11) is 1.57. The maximum Gasteiger partial charge on any atom is 0.277 e. The lowest BCUT2D eigenvalue weighted by Crippen LogP contribution is -2.62. The van der Waals surface area contributed by atoms with Gasteiger partial charge in [0.1, 0.15) is 23.8 Å². The SMILES string of the molecule is CN1CN(C23c4cccc(F)c4CC2Cc2c(F)cccc23)n2ccc(=O)c(O)c2C1=O. The van der Waals surface area contributed by atoms with Gasteiger partial charge >= 0.3 is 0 Å². The Balaban J connectivity index is 1.72. The number of hydrogen-bond acceptors (Lipinski definition) is 4. The number of hydrogen-bond donors (Lipinski definition) is 1. The van der Waals surface area contributed by atoms with Crippen molar-refractivity contribution < 1.29 is 18.7 Å². The van der Waals surface area contributed by atoms with Crippen molar-refractivity contribution in [1.82, 2.24) is 9.58 Å². The van der Waals surface area contributed by atoms with E-state index in [0.717, 1.165) is 0 Å². The van der Waals surface area contributed by atoms with Gasteiger partial charge in [-0.05, 0) is 47.2 Å². The summed E-state index contributed by atoms with van der Waals surface area (Å²) < 4.78 is 31.3. The lowest BCUT2D eigenvalue weighted by molar-refractivity contribution is 0.0697. The van der Waals surface area contributed by atoms with Crippen LogP contribution in [-0.2, 0) is 18.4 Å². The standard InChI is InChI=1S/C24H19F2N3O3/c1-27-12-29(28-9-8-20(30)22(31)21(28)23(27)32)24-13(10-14-16(24)4-2-6-18(14)25)11-15-17(24)5-3-7-19(15)26/h2-9,13,31H,10-12H2,1H3.